The van der Waals surface area contributed by atoms with Crippen molar-refractivity contribution >= 4 is 11.3 Å². The van der Waals surface area contributed by atoms with Gasteiger partial charge in [0.2, 0.25) is 0 Å². The zero-order valence-corrected chi connectivity index (χ0v) is 10.4. The number of hydrogen-bond donors (Lipinski definition) is 1. The van der Waals surface area contributed by atoms with Crippen molar-refractivity contribution < 1.29 is 0 Å². The molecular weight excluding hydrogens is 220 g/mol. The van der Waals surface area contributed by atoms with Crippen LogP contribution in [0.2, 0.25) is 0 Å². The Labute approximate surface area is 98.2 Å². The predicted molar refractivity (Wildman–Crippen MR) is 67.0 cm³/mol. The molecule has 16 heavy (non-hydrogen) atoms. The summed E-state index contributed by atoms with van der Waals surface area (Å²) in [5, 5.41) is 0. The maximum absolute atomic E-state index is 11.8. The summed E-state index contributed by atoms with van der Waals surface area (Å²) >= 11 is 1.67. The highest BCUT2D eigenvalue weighted by molar-refractivity contribution is 7.15. The molecule has 2 rings (SSSR count). The molecule has 2 aromatic rings. The Bertz CT molecular complexity index is 554. The molecule has 0 unspecified atom stereocenters. The second-order valence-corrected chi connectivity index (χ2v) is 5.35. The molecule has 4 heteroatoms. The van der Waals surface area contributed by atoms with Gasteiger partial charge in [0, 0.05) is 10.4 Å². The van der Waals surface area contributed by atoms with Gasteiger partial charge in [0.15, 0.2) is 0 Å². The van der Waals surface area contributed by atoms with Crippen LogP contribution in [0, 0.1) is 6.92 Å². The molecule has 2 heterocycles. The van der Waals surface area contributed by atoms with Crippen LogP contribution in [0.25, 0.3) is 10.6 Å². The first-order valence-corrected chi connectivity index (χ1v) is 6.05. The van der Waals surface area contributed by atoms with E-state index in [-0.39, 0.29) is 11.5 Å². The molecule has 0 radical (unpaired) electrons. The minimum atomic E-state index is -0.0361. The Morgan fingerprint density at radius 1 is 1.38 bits per heavy atom. The number of nitrogens with zero attached hydrogens (tertiary/aromatic N) is 1. The number of nitrogens with one attached hydrogen (secondary N) is 1. The largest absolute Gasteiger partial charge is 0.313 e. The van der Waals surface area contributed by atoms with E-state index in [2.05, 4.69) is 16.9 Å². The predicted octanol–water partition coefficient (Wildman–Crippen LogP) is 2.93. The van der Waals surface area contributed by atoms with E-state index in [1.54, 1.807) is 11.3 Å². The zero-order valence-electron chi connectivity index (χ0n) is 9.57. The van der Waals surface area contributed by atoms with E-state index in [1.807, 2.05) is 26.0 Å². The second-order valence-electron chi connectivity index (χ2n) is 4.06. The quantitative estimate of drug-likeness (QED) is 0.868. The molecule has 0 aliphatic rings. The van der Waals surface area contributed by atoms with Crippen LogP contribution in [-0.4, -0.2) is 9.97 Å². The monoisotopic (exact) mass is 234 g/mol. The topological polar surface area (TPSA) is 45.8 Å². The first-order chi connectivity index (χ1) is 7.59. The van der Waals surface area contributed by atoms with Crippen LogP contribution in [-0.2, 0) is 0 Å². The van der Waals surface area contributed by atoms with Crippen molar-refractivity contribution in [1.29, 1.82) is 0 Å². The molecule has 0 bridgehead atoms. The van der Waals surface area contributed by atoms with Gasteiger partial charge < -0.3 is 4.98 Å². The summed E-state index contributed by atoms with van der Waals surface area (Å²) in [5.41, 5.74) is 1.55. The van der Waals surface area contributed by atoms with Crippen molar-refractivity contribution in [1.82, 2.24) is 9.97 Å². The van der Waals surface area contributed by atoms with E-state index in [9.17, 15) is 4.79 Å². The molecule has 0 amide bonds. The van der Waals surface area contributed by atoms with Crippen molar-refractivity contribution in [3.8, 4) is 10.6 Å². The van der Waals surface area contributed by atoms with Crippen LogP contribution in [0.15, 0.2) is 23.3 Å². The highest BCUT2D eigenvalue weighted by atomic mass is 32.1. The zero-order chi connectivity index (χ0) is 11.7. The lowest BCUT2D eigenvalue weighted by Gasteiger charge is -2.08. The van der Waals surface area contributed by atoms with Gasteiger partial charge in [-0.1, -0.05) is 13.8 Å². The Morgan fingerprint density at radius 2 is 2.12 bits per heavy atom. The van der Waals surface area contributed by atoms with Crippen molar-refractivity contribution in [2.45, 2.75) is 26.7 Å². The molecule has 0 aromatic carbocycles. The summed E-state index contributed by atoms with van der Waals surface area (Å²) < 4.78 is 0. The second kappa shape index (κ2) is 4.22. The van der Waals surface area contributed by atoms with E-state index in [0.717, 1.165) is 16.1 Å². The third kappa shape index (κ3) is 1.93. The van der Waals surface area contributed by atoms with Crippen LogP contribution in [0.1, 0.15) is 30.2 Å². The highest BCUT2D eigenvalue weighted by Gasteiger charge is 2.14. The van der Waals surface area contributed by atoms with Crippen molar-refractivity contribution in [2.24, 2.45) is 0 Å². The summed E-state index contributed by atoms with van der Waals surface area (Å²) in [7, 11) is 0. The van der Waals surface area contributed by atoms with E-state index >= 15 is 0 Å². The lowest BCUT2D eigenvalue weighted by molar-refractivity contribution is 0.834. The van der Waals surface area contributed by atoms with Crippen LogP contribution in [0.3, 0.4) is 0 Å². The molecular formula is C12H14N2OS. The van der Waals surface area contributed by atoms with Gasteiger partial charge >= 0.3 is 0 Å². The minimum absolute atomic E-state index is 0.0361. The minimum Gasteiger partial charge on any atom is -0.313 e. The molecule has 0 spiro atoms. The van der Waals surface area contributed by atoms with Gasteiger partial charge in [-0.3, -0.25) is 4.79 Å². The summed E-state index contributed by atoms with van der Waals surface area (Å²) in [6.07, 6.45) is 1.47. The summed E-state index contributed by atoms with van der Waals surface area (Å²) in [6, 6.07) is 4.07. The van der Waals surface area contributed by atoms with Gasteiger partial charge in [0.1, 0.15) is 0 Å². The first kappa shape index (κ1) is 11.1. The average molecular weight is 234 g/mol. The van der Waals surface area contributed by atoms with Gasteiger partial charge in [-0.15, -0.1) is 11.3 Å². The number of hydrogen-bond acceptors (Lipinski definition) is 3. The maximum atomic E-state index is 11.8. The SMILES string of the molecule is Cc1ccc(-c2nc[nH]c(=O)c2C(C)C)s1. The molecule has 0 saturated heterocycles. The summed E-state index contributed by atoms with van der Waals surface area (Å²) in [5.74, 6) is 0.176. The molecule has 0 aliphatic carbocycles. The van der Waals surface area contributed by atoms with Crippen molar-refractivity contribution in [3.05, 3.63) is 39.3 Å². The Kier molecular flexibility index (Phi) is 2.92. The number of thiophene rings is 1. The van der Waals surface area contributed by atoms with Gasteiger partial charge in [0.25, 0.3) is 5.56 Å². The smallest absolute Gasteiger partial charge is 0.254 e. The highest BCUT2D eigenvalue weighted by Crippen LogP contribution is 2.29. The number of aromatic nitrogens is 2. The third-order valence-corrected chi connectivity index (χ3v) is 3.45. The number of H-pyrrole nitrogens is 1. The van der Waals surface area contributed by atoms with E-state index < -0.39 is 0 Å². The lowest BCUT2D eigenvalue weighted by atomic mass is 10.0. The van der Waals surface area contributed by atoms with Gasteiger partial charge in [-0.05, 0) is 25.0 Å². The molecule has 3 nitrogen and oxygen atoms in total. The summed E-state index contributed by atoms with van der Waals surface area (Å²) in [4.78, 5) is 21.0. The van der Waals surface area contributed by atoms with E-state index in [0.29, 0.717) is 0 Å². The fourth-order valence-corrected chi connectivity index (χ4v) is 2.58. The van der Waals surface area contributed by atoms with E-state index in [1.165, 1.54) is 11.2 Å². The standard InChI is InChI=1S/C12H14N2OS/c1-7(2)10-11(13-6-14-12(10)15)9-5-4-8(3)16-9/h4-7H,1-3H3,(H,13,14,15). The first-order valence-electron chi connectivity index (χ1n) is 5.24. The van der Waals surface area contributed by atoms with Crippen molar-refractivity contribution in [3.63, 3.8) is 0 Å². The summed E-state index contributed by atoms with van der Waals surface area (Å²) in [6.45, 7) is 6.07. The normalized spacial score (nSPS) is 11.0. The van der Waals surface area contributed by atoms with Crippen molar-refractivity contribution in [2.75, 3.05) is 0 Å². The number of aromatic amines is 1. The van der Waals surface area contributed by atoms with Crippen LogP contribution in [0.4, 0.5) is 0 Å². The molecule has 0 fully saturated rings. The molecule has 0 saturated carbocycles. The maximum Gasteiger partial charge on any atom is 0.254 e. The molecule has 2 aromatic heterocycles. The average Bonchev–Trinajstić information content (AvgIpc) is 2.63. The Morgan fingerprint density at radius 3 is 2.69 bits per heavy atom. The molecule has 0 aliphatic heterocycles. The van der Waals surface area contributed by atoms with Crippen LogP contribution < -0.4 is 5.56 Å². The third-order valence-electron chi connectivity index (χ3n) is 2.44. The van der Waals surface area contributed by atoms with Crippen LogP contribution >= 0.6 is 11.3 Å². The molecule has 0 atom stereocenters. The van der Waals surface area contributed by atoms with Gasteiger partial charge in [-0.25, -0.2) is 4.98 Å². The lowest BCUT2D eigenvalue weighted by Crippen LogP contribution is -2.15. The number of rotatable bonds is 2. The van der Waals surface area contributed by atoms with E-state index in [4.69, 9.17) is 0 Å². The Hall–Kier alpha value is -1.42. The van der Waals surface area contributed by atoms with Gasteiger partial charge in [0.05, 0.1) is 16.9 Å². The fourth-order valence-electron chi connectivity index (χ4n) is 1.70. The Balaban J connectivity index is 2.65. The van der Waals surface area contributed by atoms with Gasteiger partial charge in [-0.2, -0.15) is 0 Å². The van der Waals surface area contributed by atoms with Crippen LogP contribution in [0.5, 0.6) is 0 Å². The molecule has 84 valence electrons. The molecule has 1 N–H and O–H groups in total. The fraction of sp³-hybridized carbons (Fsp3) is 0.333. The number of aryl methyl sites for hydroxylation is 1.